The van der Waals surface area contributed by atoms with E-state index >= 15 is 0 Å². The number of amidine groups is 1. The second-order valence-electron chi connectivity index (χ2n) is 4.67. The number of benzene rings is 1. The molecule has 5 nitrogen and oxygen atoms in total. The van der Waals surface area contributed by atoms with Crippen molar-refractivity contribution in [3.63, 3.8) is 0 Å². The normalized spacial score (nSPS) is 17.2. The summed E-state index contributed by atoms with van der Waals surface area (Å²) in [5.74, 6) is 0. The summed E-state index contributed by atoms with van der Waals surface area (Å²) in [7, 11) is -3.67. The predicted octanol–water partition coefficient (Wildman–Crippen LogP) is 2.16. The fourth-order valence-corrected chi connectivity index (χ4v) is 4.04. The van der Waals surface area contributed by atoms with Crippen molar-refractivity contribution in [2.45, 2.75) is 24.2 Å². The van der Waals surface area contributed by atoms with Crippen LogP contribution in [0.15, 0.2) is 33.6 Å². The molecule has 1 heterocycles. The number of nitrogens with zero attached hydrogens (tertiary/aromatic N) is 2. The van der Waals surface area contributed by atoms with Gasteiger partial charge in [-0.1, -0.05) is 11.8 Å². The van der Waals surface area contributed by atoms with Crippen molar-refractivity contribution in [3.05, 3.63) is 24.3 Å². The van der Waals surface area contributed by atoms with Crippen molar-refractivity contribution in [2.75, 3.05) is 25.1 Å². The van der Waals surface area contributed by atoms with Crippen LogP contribution in [0.3, 0.4) is 0 Å². The van der Waals surface area contributed by atoms with Gasteiger partial charge in [0.1, 0.15) is 0 Å². The predicted molar refractivity (Wildman–Crippen MR) is 84.4 cm³/mol. The molecule has 1 aliphatic heterocycles. The molecule has 1 aromatic rings. The van der Waals surface area contributed by atoms with Crippen molar-refractivity contribution in [1.82, 2.24) is 4.90 Å². The number of hydrogen-bond acceptors (Lipinski definition) is 4. The molecule has 0 atom stereocenters. The Bertz CT molecular complexity index is 576. The fourth-order valence-electron chi connectivity index (χ4n) is 2.10. The first-order valence-electron chi connectivity index (χ1n) is 6.52. The maximum atomic E-state index is 12.3. The lowest BCUT2D eigenvalue weighted by atomic mass is 10.1. The molecule has 7 heteroatoms. The smallest absolute Gasteiger partial charge is 0.284 e. The van der Waals surface area contributed by atoms with Gasteiger partial charge in [0, 0.05) is 18.8 Å². The molecule has 20 heavy (non-hydrogen) atoms. The summed E-state index contributed by atoms with van der Waals surface area (Å²) < 4.78 is 28.6. The van der Waals surface area contributed by atoms with E-state index in [0.29, 0.717) is 10.9 Å². The van der Waals surface area contributed by atoms with E-state index in [0.717, 1.165) is 25.9 Å². The third kappa shape index (κ3) is 3.67. The van der Waals surface area contributed by atoms with Crippen LogP contribution in [0.2, 0.25) is 0 Å². The van der Waals surface area contributed by atoms with Crippen LogP contribution in [0.4, 0.5) is 5.69 Å². The third-order valence-electron chi connectivity index (χ3n) is 3.19. The Labute approximate surface area is 124 Å². The van der Waals surface area contributed by atoms with Crippen molar-refractivity contribution in [3.8, 4) is 0 Å². The molecule has 1 aliphatic rings. The molecule has 2 N–H and O–H groups in total. The van der Waals surface area contributed by atoms with Gasteiger partial charge in [0.2, 0.25) is 0 Å². The number of anilines is 1. The van der Waals surface area contributed by atoms with Crippen LogP contribution in [0, 0.1) is 0 Å². The van der Waals surface area contributed by atoms with E-state index in [4.69, 9.17) is 5.73 Å². The van der Waals surface area contributed by atoms with Gasteiger partial charge in [-0.15, -0.1) is 4.40 Å². The van der Waals surface area contributed by atoms with E-state index in [9.17, 15) is 8.42 Å². The highest BCUT2D eigenvalue weighted by Gasteiger charge is 2.19. The number of nitrogens with two attached hydrogens (primary N) is 1. The van der Waals surface area contributed by atoms with Gasteiger partial charge in [0.15, 0.2) is 5.17 Å². The highest BCUT2D eigenvalue weighted by atomic mass is 32.2. The van der Waals surface area contributed by atoms with Crippen LogP contribution < -0.4 is 5.73 Å². The average Bonchev–Trinajstić information content (AvgIpc) is 2.46. The van der Waals surface area contributed by atoms with Gasteiger partial charge in [0.05, 0.1) is 4.90 Å². The Kier molecular flexibility index (Phi) is 4.93. The van der Waals surface area contributed by atoms with Gasteiger partial charge >= 0.3 is 0 Å². The molecule has 0 amide bonds. The molecular formula is C13H19N3O2S2. The lowest BCUT2D eigenvalue weighted by Crippen LogP contribution is -2.34. The average molecular weight is 313 g/mol. The molecule has 0 saturated carbocycles. The summed E-state index contributed by atoms with van der Waals surface area (Å²) in [5.41, 5.74) is 6.11. The van der Waals surface area contributed by atoms with E-state index in [-0.39, 0.29) is 4.90 Å². The summed E-state index contributed by atoms with van der Waals surface area (Å²) in [4.78, 5) is 2.22. The molecule has 0 unspecified atom stereocenters. The maximum absolute atomic E-state index is 12.3. The van der Waals surface area contributed by atoms with Crippen LogP contribution in [0.5, 0.6) is 0 Å². The number of likely N-dealkylation sites (tertiary alicyclic amines) is 1. The Morgan fingerprint density at radius 2 is 1.80 bits per heavy atom. The molecule has 1 aromatic carbocycles. The quantitative estimate of drug-likeness (QED) is 0.514. The first kappa shape index (κ1) is 15.2. The maximum Gasteiger partial charge on any atom is 0.284 e. The van der Waals surface area contributed by atoms with Gasteiger partial charge < -0.3 is 10.6 Å². The SMILES string of the molecule is CS/C(=N/S(=O)(=O)c1ccc(N)cc1)N1CCCCC1. The molecule has 0 spiro atoms. The summed E-state index contributed by atoms with van der Waals surface area (Å²) in [6.07, 6.45) is 5.22. The summed E-state index contributed by atoms with van der Waals surface area (Å²) in [5, 5.41) is 0.571. The van der Waals surface area contributed by atoms with E-state index in [1.54, 1.807) is 12.1 Å². The van der Waals surface area contributed by atoms with Gasteiger partial charge in [-0.25, -0.2) is 0 Å². The Morgan fingerprint density at radius 1 is 1.20 bits per heavy atom. The van der Waals surface area contributed by atoms with Gasteiger partial charge in [0.25, 0.3) is 10.0 Å². The second kappa shape index (κ2) is 6.49. The number of nitrogen functional groups attached to an aromatic ring is 1. The molecule has 0 aromatic heterocycles. The van der Waals surface area contributed by atoms with Crippen molar-refractivity contribution < 1.29 is 8.42 Å². The highest BCUT2D eigenvalue weighted by molar-refractivity contribution is 8.13. The number of hydrogen-bond donors (Lipinski definition) is 1. The second-order valence-corrected chi connectivity index (χ2v) is 7.05. The monoisotopic (exact) mass is 313 g/mol. The molecular weight excluding hydrogens is 294 g/mol. The van der Waals surface area contributed by atoms with Crippen LogP contribution in [-0.2, 0) is 10.0 Å². The molecule has 0 aliphatic carbocycles. The fraction of sp³-hybridized carbons (Fsp3) is 0.462. The van der Waals surface area contributed by atoms with Crippen molar-refractivity contribution in [1.29, 1.82) is 0 Å². The van der Waals surface area contributed by atoms with E-state index in [2.05, 4.69) is 4.40 Å². The zero-order valence-corrected chi connectivity index (χ0v) is 13.1. The van der Waals surface area contributed by atoms with Gasteiger partial charge in [-0.05, 0) is 49.8 Å². The molecule has 1 saturated heterocycles. The van der Waals surface area contributed by atoms with E-state index in [1.807, 2.05) is 11.2 Å². The minimum atomic E-state index is -3.67. The van der Waals surface area contributed by atoms with E-state index in [1.165, 1.54) is 30.3 Å². The number of rotatable bonds is 2. The highest BCUT2D eigenvalue weighted by Crippen LogP contribution is 2.19. The molecule has 0 radical (unpaired) electrons. The largest absolute Gasteiger partial charge is 0.399 e. The van der Waals surface area contributed by atoms with Gasteiger partial charge in [-0.3, -0.25) is 0 Å². The Hall–Kier alpha value is -1.21. The van der Waals surface area contributed by atoms with E-state index < -0.39 is 10.0 Å². The molecule has 0 bridgehead atoms. The zero-order valence-electron chi connectivity index (χ0n) is 11.4. The number of piperidine rings is 1. The van der Waals surface area contributed by atoms with Crippen LogP contribution in [0.1, 0.15) is 19.3 Å². The first-order chi connectivity index (χ1) is 9.53. The Morgan fingerprint density at radius 3 is 2.35 bits per heavy atom. The first-order valence-corrected chi connectivity index (χ1v) is 9.19. The van der Waals surface area contributed by atoms with Crippen molar-refractivity contribution in [2.24, 2.45) is 4.40 Å². The topological polar surface area (TPSA) is 75.8 Å². The minimum Gasteiger partial charge on any atom is -0.399 e. The lowest BCUT2D eigenvalue weighted by Gasteiger charge is -2.28. The summed E-state index contributed by atoms with van der Waals surface area (Å²) in [6.45, 7) is 1.74. The Balaban J connectivity index is 2.27. The zero-order chi connectivity index (χ0) is 14.6. The standard InChI is InChI=1S/C13H19N3O2S2/c1-19-13(16-9-3-2-4-10-16)15-20(17,18)12-7-5-11(14)6-8-12/h5-8H,2-4,9-10,14H2,1H3/b15-13+. The van der Waals surface area contributed by atoms with Gasteiger partial charge in [-0.2, -0.15) is 8.42 Å². The molecule has 2 rings (SSSR count). The molecule has 1 fully saturated rings. The van der Waals surface area contributed by atoms with Crippen LogP contribution in [-0.4, -0.2) is 37.8 Å². The summed E-state index contributed by atoms with van der Waals surface area (Å²) in [6, 6.07) is 6.12. The number of thioether (sulfide) groups is 1. The summed E-state index contributed by atoms with van der Waals surface area (Å²) >= 11 is 1.37. The number of sulfonamides is 1. The lowest BCUT2D eigenvalue weighted by molar-refractivity contribution is 0.348. The van der Waals surface area contributed by atoms with Crippen LogP contribution >= 0.6 is 11.8 Å². The van der Waals surface area contributed by atoms with Crippen molar-refractivity contribution >= 4 is 32.6 Å². The van der Waals surface area contributed by atoms with Crippen LogP contribution in [0.25, 0.3) is 0 Å². The minimum absolute atomic E-state index is 0.176. The molecule has 110 valence electrons. The third-order valence-corrected chi connectivity index (χ3v) is 5.30.